The first-order valence-electron chi connectivity index (χ1n) is 20.8. The summed E-state index contributed by atoms with van der Waals surface area (Å²) in [6.45, 7) is 7.08. The van der Waals surface area contributed by atoms with Gasteiger partial charge in [0.05, 0.1) is 17.9 Å². The zero-order valence-electron chi connectivity index (χ0n) is 34.5. The van der Waals surface area contributed by atoms with Crippen LogP contribution in [0, 0.1) is 17.8 Å². The van der Waals surface area contributed by atoms with Crippen molar-refractivity contribution in [2.24, 2.45) is 17.8 Å². The van der Waals surface area contributed by atoms with E-state index in [1.807, 2.05) is 31.2 Å². The molecule has 60 heavy (non-hydrogen) atoms. The molecule has 0 radical (unpaired) electrons. The summed E-state index contributed by atoms with van der Waals surface area (Å²) in [6, 6.07) is 2.90. The van der Waals surface area contributed by atoms with Crippen LogP contribution in [0.25, 0.3) is 10.8 Å². The van der Waals surface area contributed by atoms with Gasteiger partial charge >= 0.3 is 12.3 Å². The Kier molecular flexibility index (Phi) is 11.6. The highest BCUT2D eigenvalue weighted by Crippen LogP contribution is 2.48. The second-order valence-electron chi connectivity index (χ2n) is 17.9. The molecule has 4 heterocycles. The fourth-order valence-electron chi connectivity index (χ4n) is 8.56. The van der Waals surface area contributed by atoms with Gasteiger partial charge in [0.25, 0.3) is 5.91 Å². The fourth-order valence-corrected chi connectivity index (χ4v) is 9.88. The monoisotopic (exact) mass is 861 g/mol. The van der Waals surface area contributed by atoms with E-state index in [-0.39, 0.29) is 31.2 Å². The summed E-state index contributed by atoms with van der Waals surface area (Å²) in [7, 11) is -4.08. The molecule has 14 nitrogen and oxygen atoms in total. The molecule has 1 aromatic heterocycles. The highest BCUT2D eigenvalue weighted by molar-refractivity contribution is 7.91. The number of alkyl carbamates (subject to hydrolysis) is 1. The molecular weight excluding hydrogens is 808 g/mol. The van der Waals surface area contributed by atoms with Crippen molar-refractivity contribution in [3.8, 4) is 11.6 Å². The Balaban J connectivity index is 1.24. The molecule has 2 aromatic rings. The van der Waals surface area contributed by atoms with E-state index < -0.39 is 85.9 Å². The van der Waals surface area contributed by atoms with E-state index >= 15 is 0 Å². The van der Waals surface area contributed by atoms with Gasteiger partial charge in [-0.2, -0.15) is 13.2 Å². The van der Waals surface area contributed by atoms with Crippen LogP contribution < -0.4 is 24.8 Å². The van der Waals surface area contributed by atoms with Crippen LogP contribution in [0.3, 0.4) is 0 Å². The van der Waals surface area contributed by atoms with Crippen LogP contribution in [-0.4, -0.2) is 95.5 Å². The topological polar surface area (TPSA) is 182 Å². The maximum absolute atomic E-state index is 15.0. The average Bonchev–Trinajstić information content (AvgIpc) is 4.07. The van der Waals surface area contributed by atoms with Crippen LogP contribution in [0.4, 0.5) is 18.0 Å². The number of amides is 4. The number of aromatic nitrogens is 1. The molecule has 3 N–H and O–H groups in total. The van der Waals surface area contributed by atoms with Crippen molar-refractivity contribution in [3.63, 3.8) is 0 Å². The van der Waals surface area contributed by atoms with Gasteiger partial charge in [0.1, 0.15) is 29.5 Å². The average molecular weight is 862 g/mol. The van der Waals surface area contributed by atoms with Gasteiger partial charge in [0.2, 0.25) is 33.3 Å². The highest BCUT2D eigenvalue weighted by Gasteiger charge is 2.63. The number of hydrogen-bond acceptors (Lipinski definition) is 10. The lowest BCUT2D eigenvalue weighted by molar-refractivity contribution is -0.244. The SMILES string of the molecule is CC[C@@H]1C[C@H](C)CC/C=C\[C@@H]2C[C@@]2(C(=O)NS(=O)(=O)C2(C)CC2)NC(=O)[C@@H]2C[C@@H](Oc3nccc4c5c(ccc34)CCCO5)CN2C(=O)[C@H]1NC(=O)OC(C)(C)C(F)(F)F. The van der Waals surface area contributed by atoms with Gasteiger partial charge in [-0.25, -0.2) is 18.2 Å². The van der Waals surface area contributed by atoms with Crippen LogP contribution in [0.15, 0.2) is 36.5 Å². The lowest BCUT2D eigenvalue weighted by Crippen LogP contribution is -2.60. The maximum Gasteiger partial charge on any atom is 0.427 e. The van der Waals surface area contributed by atoms with Gasteiger partial charge in [0, 0.05) is 29.3 Å². The third kappa shape index (κ3) is 8.49. The van der Waals surface area contributed by atoms with E-state index in [9.17, 15) is 40.8 Å². The number of nitrogens with zero attached hydrogens (tertiary/aromatic N) is 2. The summed E-state index contributed by atoms with van der Waals surface area (Å²) >= 11 is 0. The van der Waals surface area contributed by atoms with Crippen molar-refractivity contribution in [2.75, 3.05) is 13.2 Å². The Hall–Kier alpha value is -4.61. The molecule has 3 aliphatic heterocycles. The van der Waals surface area contributed by atoms with E-state index in [0.717, 1.165) is 29.5 Å². The van der Waals surface area contributed by atoms with Crippen molar-refractivity contribution in [1.82, 2.24) is 25.2 Å². The number of rotatable bonds is 8. The largest absolute Gasteiger partial charge is 0.493 e. The molecular formula is C42H54F3N5O9S. The molecule has 2 saturated carbocycles. The van der Waals surface area contributed by atoms with Gasteiger partial charge < -0.3 is 29.7 Å². The summed E-state index contributed by atoms with van der Waals surface area (Å²) in [4.78, 5) is 62.6. The second kappa shape index (κ2) is 16.0. The van der Waals surface area contributed by atoms with E-state index in [2.05, 4.69) is 20.3 Å². The van der Waals surface area contributed by atoms with Crippen LogP contribution in [0.5, 0.6) is 11.6 Å². The van der Waals surface area contributed by atoms with Crippen molar-refractivity contribution >= 4 is 44.6 Å². The number of aryl methyl sites for hydroxylation is 1. The molecule has 0 spiro atoms. The molecule has 2 aliphatic carbocycles. The minimum atomic E-state index is -4.91. The van der Waals surface area contributed by atoms with Gasteiger partial charge in [0.15, 0.2) is 0 Å². The summed E-state index contributed by atoms with van der Waals surface area (Å²) in [5, 5.41) is 6.69. The molecule has 7 rings (SSSR count). The number of alkyl halides is 3. The number of hydrogen-bond donors (Lipinski definition) is 3. The molecule has 7 atom stereocenters. The van der Waals surface area contributed by atoms with Gasteiger partial charge in [-0.15, -0.1) is 0 Å². The number of pyridine rings is 1. The summed E-state index contributed by atoms with van der Waals surface area (Å²) in [6.07, 6.45) is 2.43. The molecule has 328 valence electrons. The Bertz CT molecular complexity index is 2180. The third-order valence-electron chi connectivity index (χ3n) is 13.0. The van der Waals surface area contributed by atoms with Gasteiger partial charge in [-0.3, -0.25) is 19.1 Å². The molecule has 0 bridgehead atoms. The Morgan fingerprint density at radius 2 is 1.87 bits per heavy atom. The van der Waals surface area contributed by atoms with E-state index in [0.29, 0.717) is 64.4 Å². The smallest absolute Gasteiger partial charge is 0.427 e. The number of halogens is 3. The number of benzene rings is 1. The summed E-state index contributed by atoms with van der Waals surface area (Å²) in [5.41, 5.74) is -3.48. The minimum absolute atomic E-state index is 0.0291. The highest BCUT2D eigenvalue weighted by atomic mass is 32.2. The molecule has 18 heteroatoms. The molecule has 0 unspecified atom stereocenters. The first-order chi connectivity index (χ1) is 28.2. The molecule has 1 aromatic carbocycles. The number of fused-ring (bicyclic) bond motifs is 5. The van der Waals surface area contributed by atoms with Crippen LogP contribution >= 0.6 is 0 Å². The number of ether oxygens (including phenoxy) is 3. The third-order valence-corrected chi connectivity index (χ3v) is 15.1. The first-order valence-corrected chi connectivity index (χ1v) is 22.3. The Morgan fingerprint density at radius 3 is 2.57 bits per heavy atom. The predicted molar refractivity (Wildman–Crippen MR) is 213 cm³/mol. The fraction of sp³-hybridized carbons (Fsp3) is 0.643. The minimum Gasteiger partial charge on any atom is -0.493 e. The molecule has 3 fully saturated rings. The normalized spacial score (nSPS) is 29.9. The van der Waals surface area contributed by atoms with E-state index in [1.165, 1.54) is 4.90 Å². The number of sulfonamides is 1. The van der Waals surface area contributed by atoms with Crippen LogP contribution in [-0.2, 0) is 35.6 Å². The standard InChI is InChI=1S/C42H54F3N5O9S/c1-6-25-20-24(2)10-7-8-12-27-22-41(27,37(53)49-60(55,56)40(5)16-17-40)48-34(51)31-21-28(23-50(31)36(52)32(25)47-38(54)59-39(3,4)42(43,44)45)58-35-30-14-13-26-11-9-19-57-33(26)29(30)15-18-46-35/h8,12-15,18,24-25,27-28,31-32H,6-7,9-11,16-17,19-23H2,1-5H3,(H,47,54)(H,48,51)(H,49,53)/b12-8-/t24-,25-,27-,28-,31+,32+,41-/m1/s1. The lowest BCUT2D eigenvalue weighted by Gasteiger charge is -2.35. The summed E-state index contributed by atoms with van der Waals surface area (Å²) in [5.74, 6) is -2.61. The number of allylic oxidation sites excluding steroid dienone is 1. The zero-order chi connectivity index (χ0) is 43.4. The van der Waals surface area contributed by atoms with Gasteiger partial charge in [-0.05, 0) is 102 Å². The van der Waals surface area contributed by atoms with E-state index in [1.54, 1.807) is 26.1 Å². The molecule has 4 amide bonds. The van der Waals surface area contributed by atoms with Crippen molar-refractivity contribution in [1.29, 1.82) is 0 Å². The second-order valence-corrected chi connectivity index (χ2v) is 20.1. The van der Waals surface area contributed by atoms with Crippen LogP contribution in [0.1, 0.15) is 98.0 Å². The lowest BCUT2D eigenvalue weighted by atomic mass is 9.85. The van der Waals surface area contributed by atoms with Crippen molar-refractivity contribution < 1.29 is 55.0 Å². The van der Waals surface area contributed by atoms with E-state index in [4.69, 9.17) is 14.2 Å². The number of carbonyl (C=O) groups excluding carboxylic acids is 4. The van der Waals surface area contributed by atoms with Crippen molar-refractivity contribution in [2.45, 2.75) is 139 Å². The Labute approximate surface area is 347 Å². The quantitative estimate of drug-likeness (QED) is 0.282. The number of carbonyl (C=O) groups is 4. The summed E-state index contributed by atoms with van der Waals surface area (Å²) < 4.78 is 86.4. The Morgan fingerprint density at radius 1 is 1.12 bits per heavy atom. The first kappa shape index (κ1) is 43.5. The maximum atomic E-state index is 15.0. The predicted octanol–water partition coefficient (Wildman–Crippen LogP) is 5.62. The number of nitrogens with one attached hydrogen (secondary N) is 3. The van der Waals surface area contributed by atoms with Crippen molar-refractivity contribution in [3.05, 3.63) is 42.1 Å². The zero-order valence-corrected chi connectivity index (χ0v) is 35.3. The van der Waals surface area contributed by atoms with Crippen LogP contribution in [0.2, 0.25) is 0 Å². The van der Waals surface area contributed by atoms with Gasteiger partial charge in [-0.1, -0.05) is 38.5 Å². The molecule has 5 aliphatic rings. The molecule has 1 saturated heterocycles.